The van der Waals surface area contributed by atoms with Gasteiger partial charge in [0, 0.05) is 17.5 Å². The lowest BCUT2D eigenvalue weighted by Crippen LogP contribution is -2.04. The van der Waals surface area contributed by atoms with Crippen LogP contribution in [-0.4, -0.2) is 30.7 Å². The average Bonchev–Trinajstić information content (AvgIpc) is 2.40. The topological polar surface area (TPSA) is 93.6 Å². The Labute approximate surface area is 125 Å². The maximum atomic E-state index is 11.7. The van der Waals surface area contributed by atoms with Crippen LogP contribution in [0, 0.1) is 0 Å². The number of carbonyl (C=O) groups is 1. The van der Waals surface area contributed by atoms with E-state index >= 15 is 0 Å². The normalized spacial score (nSPS) is 11.1. The van der Waals surface area contributed by atoms with Gasteiger partial charge >= 0.3 is 5.97 Å². The summed E-state index contributed by atoms with van der Waals surface area (Å²) in [4.78, 5) is 14.9. The van der Waals surface area contributed by atoms with Crippen molar-refractivity contribution in [1.29, 1.82) is 0 Å². The highest BCUT2D eigenvalue weighted by molar-refractivity contribution is 7.90. The van der Waals surface area contributed by atoms with Crippen molar-refractivity contribution < 1.29 is 23.1 Å². The first-order valence-corrected chi connectivity index (χ1v) is 7.92. The van der Waals surface area contributed by atoms with Gasteiger partial charge in [0.1, 0.15) is 16.2 Å². The van der Waals surface area contributed by atoms with E-state index < -0.39 is 15.8 Å². The van der Waals surface area contributed by atoms with Gasteiger partial charge in [0.15, 0.2) is 9.84 Å². The molecular formula is C13H10ClNO5S. The monoisotopic (exact) mass is 327 g/mol. The summed E-state index contributed by atoms with van der Waals surface area (Å²) in [5.74, 6) is -1.48. The number of ether oxygens (including phenoxy) is 1. The molecule has 1 N–H and O–H groups in total. The average molecular weight is 328 g/mol. The first kappa shape index (κ1) is 15.3. The molecule has 0 fully saturated rings. The molecule has 8 heteroatoms. The SMILES string of the molecule is CS(=O)(=O)c1cccnc1Oc1ccc(Cl)cc1C(=O)O. The number of aromatic carboxylic acids is 1. The fourth-order valence-electron chi connectivity index (χ4n) is 1.60. The predicted molar refractivity (Wildman–Crippen MR) is 75.8 cm³/mol. The molecule has 2 aromatic rings. The molecule has 0 unspecified atom stereocenters. The maximum Gasteiger partial charge on any atom is 0.339 e. The Balaban J connectivity index is 2.52. The molecule has 0 aliphatic carbocycles. The van der Waals surface area contributed by atoms with Crippen molar-refractivity contribution in [2.24, 2.45) is 0 Å². The number of hydrogen-bond donors (Lipinski definition) is 1. The third-order valence-electron chi connectivity index (χ3n) is 2.51. The fourth-order valence-corrected chi connectivity index (χ4v) is 2.51. The molecule has 0 amide bonds. The number of hydrogen-bond acceptors (Lipinski definition) is 5. The minimum Gasteiger partial charge on any atom is -0.478 e. The number of sulfone groups is 1. The van der Waals surface area contributed by atoms with E-state index in [9.17, 15) is 13.2 Å². The van der Waals surface area contributed by atoms with E-state index in [1.807, 2.05) is 0 Å². The van der Waals surface area contributed by atoms with Crippen LogP contribution in [0.4, 0.5) is 0 Å². The lowest BCUT2D eigenvalue weighted by Gasteiger charge is -2.10. The summed E-state index contributed by atoms with van der Waals surface area (Å²) >= 11 is 5.74. The van der Waals surface area contributed by atoms with Crippen LogP contribution in [0.5, 0.6) is 11.6 Å². The molecule has 21 heavy (non-hydrogen) atoms. The van der Waals surface area contributed by atoms with Gasteiger partial charge in [0.25, 0.3) is 0 Å². The molecule has 1 heterocycles. The molecule has 1 aromatic carbocycles. The molecule has 1 aromatic heterocycles. The van der Waals surface area contributed by atoms with Crippen LogP contribution in [0.25, 0.3) is 0 Å². The minimum absolute atomic E-state index is 0.0458. The summed E-state index contributed by atoms with van der Waals surface area (Å²) in [5.41, 5.74) is -0.187. The number of halogens is 1. The largest absolute Gasteiger partial charge is 0.478 e. The Bertz CT molecular complexity index is 804. The molecule has 0 saturated heterocycles. The second-order valence-corrected chi connectivity index (χ2v) is 6.55. The lowest BCUT2D eigenvalue weighted by molar-refractivity contribution is 0.0694. The zero-order valence-electron chi connectivity index (χ0n) is 10.8. The van der Waals surface area contributed by atoms with Crippen molar-refractivity contribution in [2.45, 2.75) is 4.90 Å². The van der Waals surface area contributed by atoms with Crippen LogP contribution in [0.3, 0.4) is 0 Å². The molecule has 6 nitrogen and oxygen atoms in total. The summed E-state index contributed by atoms with van der Waals surface area (Å²) in [6.07, 6.45) is 2.36. The van der Waals surface area contributed by atoms with Crippen LogP contribution >= 0.6 is 11.6 Å². The Morgan fingerprint density at radius 2 is 2.05 bits per heavy atom. The van der Waals surface area contributed by atoms with Crippen molar-refractivity contribution in [3.63, 3.8) is 0 Å². The highest BCUT2D eigenvalue weighted by atomic mass is 35.5. The molecule has 0 atom stereocenters. The van der Waals surface area contributed by atoms with E-state index in [1.165, 1.54) is 36.5 Å². The lowest BCUT2D eigenvalue weighted by atomic mass is 10.2. The third kappa shape index (κ3) is 3.50. The number of rotatable bonds is 4. The van der Waals surface area contributed by atoms with Gasteiger partial charge in [-0.1, -0.05) is 11.6 Å². The van der Waals surface area contributed by atoms with E-state index in [0.717, 1.165) is 6.26 Å². The third-order valence-corrected chi connectivity index (χ3v) is 3.86. The van der Waals surface area contributed by atoms with Crippen molar-refractivity contribution in [3.05, 3.63) is 47.1 Å². The predicted octanol–water partition coefficient (Wildman–Crippen LogP) is 2.63. The highest BCUT2D eigenvalue weighted by Gasteiger charge is 2.19. The molecule has 0 radical (unpaired) electrons. The second kappa shape index (κ2) is 5.71. The van der Waals surface area contributed by atoms with E-state index in [-0.39, 0.29) is 27.1 Å². The van der Waals surface area contributed by atoms with Crippen LogP contribution in [-0.2, 0) is 9.84 Å². The molecule has 0 saturated carbocycles. The van der Waals surface area contributed by atoms with Gasteiger partial charge in [-0.2, -0.15) is 0 Å². The summed E-state index contributed by atoms with van der Waals surface area (Å²) in [6, 6.07) is 6.76. The molecule has 0 spiro atoms. The van der Waals surface area contributed by atoms with Gasteiger partial charge in [0.05, 0.1) is 0 Å². The fraction of sp³-hybridized carbons (Fsp3) is 0.0769. The number of carboxylic acids is 1. The molecule has 110 valence electrons. The van der Waals surface area contributed by atoms with Gasteiger partial charge in [-0.25, -0.2) is 18.2 Å². The molecule has 0 bridgehead atoms. The van der Waals surface area contributed by atoms with Crippen LogP contribution < -0.4 is 4.74 Å². The molecule has 0 aliphatic heterocycles. The first-order chi connectivity index (χ1) is 9.79. The van der Waals surface area contributed by atoms with Crippen molar-refractivity contribution in [2.75, 3.05) is 6.26 Å². The first-order valence-electron chi connectivity index (χ1n) is 5.65. The number of aromatic nitrogens is 1. The van der Waals surface area contributed by atoms with Crippen molar-refractivity contribution >= 4 is 27.4 Å². The van der Waals surface area contributed by atoms with Gasteiger partial charge in [-0.15, -0.1) is 0 Å². The van der Waals surface area contributed by atoms with Gasteiger partial charge in [0.2, 0.25) is 5.88 Å². The van der Waals surface area contributed by atoms with Crippen LogP contribution in [0.2, 0.25) is 5.02 Å². The Morgan fingerprint density at radius 3 is 2.67 bits per heavy atom. The van der Waals surface area contributed by atoms with Crippen LogP contribution in [0.1, 0.15) is 10.4 Å². The molecular weight excluding hydrogens is 318 g/mol. The number of benzene rings is 1. The summed E-state index contributed by atoms with van der Waals surface area (Å²) in [7, 11) is -3.56. The number of carboxylic acid groups (broad SMARTS) is 1. The highest BCUT2D eigenvalue weighted by Crippen LogP contribution is 2.30. The summed E-state index contributed by atoms with van der Waals surface area (Å²) in [5, 5.41) is 9.35. The minimum atomic E-state index is -3.56. The summed E-state index contributed by atoms with van der Waals surface area (Å²) < 4.78 is 28.7. The maximum absolute atomic E-state index is 11.7. The Morgan fingerprint density at radius 1 is 1.33 bits per heavy atom. The zero-order valence-corrected chi connectivity index (χ0v) is 12.4. The van der Waals surface area contributed by atoms with E-state index in [4.69, 9.17) is 21.4 Å². The Kier molecular flexibility index (Phi) is 4.15. The number of nitrogens with zero attached hydrogens (tertiary/aromatic N) is 1. The standard InChI is InChI=1S/C13H10ClNO5S/c1-21(18,19)11-3-2-6-15-12(11)20-10-5-4-8(14)7-9(10)13(16)17/h2-7H,1H3,(H,16,17). The molecule has 0 aliphatic rings. The number of pyridine rings is 1. The smallest absolute Gasteiger partial charge is 0.339 e. The van der Waals surface area contributed by atoms with Crippen molar-refractivity contribution in [1.82, 2.24) is 4.98 Å². The second-order valence-electron chi connectivity index (χ2n) is 4.13. The zero-order chi connectivity index (χ0) is 15.6. The van der Waals surface area contributed by atoms with Gasteiger partial charge in [-0.3, -0.25) is 0 Å². The molecule has 2 rings (SSSR count). The van der Waals surface area contributed by atoms with E-state index in [2.05, 4.69) is 4.98 Å². The van der Waals surface area contributed by atoms with E-state index in [1.54, 1.807) is 0 Å². The van der Waals surface area contributed by atoms with Crippen molar-refractivity contribution in [3.8, 4) is 11.6 Å². The van der Waals surface area contributed by atoms with Gasteiger partial charge < -0.3 is 9.84 Å². The quantitative estimate of drug-likeness (QED) is 0.927. The Hall–Kier alpha value is -2.12. The van der Waals surface area contributed by atoms with Crippen LogP contribution in [0.15, 0.2) is 41.4 Å². The van der Waals surface area contributed by atoms with E-state index in [0.29, 0.717) is 0 Å². The summed E-state index contributed by atoms with van der Waals surface area (Å²) in [6.45, 7) is 0. The van der Waals surface area contributed by atoms with Gasteiger partial charge in [-0.05, 0) is 30.3 Å².